The Morgan fingerprint density at radius 3 is 2.53 bits per heavy atom. The van der Waals surface area contributed by atoms with Gasteiger partial charge in [0.05, 0.1) is 24.0 Å². The molecule has 0 saturated carbocycles. The zero-order chi connectivity index (χ0) is 14.0. The number of nitrogens with two attached hydrogens (primary N) is 1. The highest BCUT2D eigenvalue weighted by Crippen LogP contribution is 2.29. The van der Waals surface area contributed by atoms with Gasteiger partial charge in [0.25, 0.3) is 0 Å². The summed E-state index contributed by atoms with van der Waals surface area (Å²) in [6.07, 6.45) is 0. The summed E-state index contributed by atoms with van der Waals surface area (Å²) in [5.74, 6) is -2.15. The molecule has 1 aliphatic heterocycles. The number of ether oxygens (including phenoxy) is 1. The van der Waals surface area contributed by atoms with Crippen LogP contribution in [0.2, 0.25) is 0 Å². The zero-order valence-corrected chi connectivity index (χ0v) is 11.0. The molecule has 0 radical (unpaired) electrons. The van der Waals surface area contributed by atoms with E-state index in [9.17, 15) is 13.2 Å². The molecule has 1 heterocycles. The second-order valence-corrected chi connectivity index (χ2v) is 6.57. The number of benzene rings is 1. The molecular weight excluding hydrogens is 270 g/mol. The molecule has 1 saturated heterocycles. The maximum atomic E-state index is 12.4. The van der Waals surface area contributed by atoms with Gasteiger partial charge in [-0.05, 0) is 11.6 Å². The van der Waals surface area contributed by atoms with Gasteiger partial charge in [-0.2, -0.15) is 0 Å². The van der Waals surface area contributed by atoms with Crippen LogP contribution in [0.25, 0.3) is 0 Å². The fourth-order valence-corrected chi connectivity index (χ4v) is 3.68. The molecule has 2 rings (SSSR count). The van der Waals surface area contributed by atoms with Crippen molar-refractivity contribution in [3.8, 4) is 0 Å². The number of carboxylic acids is 1. The van der Waals surface area contributed by atoms with Crippen LogP contribution >= 0.6 is 0 Å². The van der Waals surface area contributed by atoms with Crippen LogP contribution in [0.4, 0.5) is 0 Å². The SMILES string of the molecule is NCC(C(=O)O)c1ccccc1S(=O)(=O)C1COC1. The van der Waals surface area contributed by atoms with Crippen molar-refractivity contribution in [1.82, 2.24) is 0 Å². The Balaban J connectivity index is 2.49. The number of aliphatic carboxylic acids is 1. The van der Waals surface area contributed by atoms with Crippen LogP contribution in [0.15, 0.2) is 29.2 Å². The van der Waals surface area contributed by atoms with E-state index in [-0.39, 0.29) is 30.2 Å². The van der Waals surface area contributed by atoms with Crippen LogP contribution in [0.1, 0.15) is 11.5 Å². The van der Waals surface area contributed by atoms with E-state index in [4.69, 9.17) is 15.6 Å². The van der Waals surface area contributed by atoms with E-state index in [0.29, 0.717) is 0 Å². The molecule has 0 amide bonds. The van der Waals surface area contributed by atoms with E-state index in [0.717, 1.165) is 0 Å². The molecule has 19 heavy (non-hydrogen) atoms. The van der Waals surface area contributed by atoms with Crippen LogP contribution < -0.4 is 5.73 Å². The van der Waals surface area contributed by atoms with Crippen LogP contribution in [0, 0.1) is 0 Å². The molecule has 0 spiro atoms. The van der Waals surface area contributed by atoms with E-state index in [1.54, 1.807) is 12.1 Å². The summed E-state index contributed by atoms with van der Waals surface area (Å²) >= 11 is 0. The van der Waals surface area contributed by atoms with Gasteiger partial charge in [-0.15, -0.1) is 0 Å². The van der Waals surface area contributed by atoms with Gasteiger partial charge in [0.15, 0.2) is 9.84 Å². The van der Waals surface area contributed by atoms with E-state index >= 15 is 0 Å². The molecule has 1 fully saturated rings. The minimum Gasteiger partial charge on any atom is -0.481 e. The predicted octanol–water partition coefficient (Wildman–Crippen LogP) is -0.0140. The molecule has 1 aliphatic rings. The number of carbonyl (C=O) groups is 1. The molecule has 1 aromatic rings. The second kappa shape index (κ2) is 5.28. The van der Waals surface area contributed by atoms with Crippen LogP contribution in [0.5, 0.6) is 0 Å². The van der Waals surface area contributed by atoms with E-state index in [1.165, 1.54) is 12.1 Å². The van der Waals surface area contributed by atoms with Gasteiger partial charge >= 0.3 is 5.97 Å². The van der Waals surface area contributed by atoms with Crippen molar-refractivity contribution >= 4 is 15.8 Å². The third-order valence-corrected chi connectivity index (χ3v) is 5.32. The smallest absolute Gasteiger partial charge is 0.312 e. The molecule has 0 aliphatic carbocycles. The first-order valence-electron chi connectivity index (χ1n) is 5.82. The topological polar surface area (TPSA) is 107 Å². The minimum atomic E-state index is -3.57. The number of hydrogen-bond donors (Lipinski definition) is 2. The Kier molecular flexibility index (Phi) is 3.88. The summed E-state index contributed by atoms with van der Waals surface area (Å²) in [5, 5.41) is 8.53. The highest BCUT2D eigenvalue weighted by atomic mass is 32.2. The molecule has 0 aromatic heterocycles. The monoisotopic (exact) mass is 285 g/mol. The number of hydrogen-bond acceptors (Lipinski definition) is 5. The van der Waals surface area contributed by atoms with Crippen molar-refractivity contribution in [2.75, 3.05) is 19.8 Å². The fraction of sp³-hybridized carbons (Fsp3) is 0.417. The maximum Gasteiger partial charge on any atom is 0.312 e. The average Bonchev–Trinajstić information content (AvgIpc) is 2.27. The lowest BCUT2D eigenvalue weighted by Crippen LogP contribution is -2.41. The number of sulfone groups is 1. The van der Waals surface area contributed by atoms with Crippen molar-refractivity contribution in [1.29, 1.82) is 0 Å². The molecule has 104 valence electrons. The standard InChI is InChI=1S/C12H15NO5S/c13-5-10(12(14)15)9-3-1-2-4-11(9)19(16,17)8-6-18-7-8/h1-4,8,10H,5-7,13H2,(H,14,15). The van der Waals surface area contributed by atoms with Crippen molar-refractivity contribution in [2.24, 2.45) is 5.73 Å². The molecular formula is C12H15NO5S. The highest BCUT2D eigenvalue weighted by Gasteiger charge is 2.37. The molecule has 1 unspecified atom stereocenters. The molecule has 6 nitrogen and oxygen atoms in total. The first kappa shape index (κ1) is 14.0. The Morgan fingerprint density at radius 1 is 1.42 bits per heavy atom. The first-order chi connectivity index (χ1) is 8.98. The van der Waals surface area contributed by atoms with Gasteiger partial charge in [-0.3, -0.25) is 4.79 Å². The summed E-state index contributed by atoms with van der Waals surface area (Å²) in [5.41, 5.74) is 5.68. The Bertz CT molecular complexity index is 580. The Hall–Kier alpha value is -1.44. The number of carboxylic acid groups (broad SMARTS) is 1. The lowest BCUT2D eigenvalue weighted by molar-refractivity contribution is -0.138. The lowest BCUT2D eigenvalue weighted by atomic mass is 10.00. The summed E-state index contributed by atoms with van der Waals surface area (Å²) in [4.78, 5) is 11.2. The molecule has 1 aromatic carbocycles. The highest BCUT2D eigenvalue weighted by molar-refractivity contribution is 7.92. The molecule has 3 N–H and O–H groups in total. The largest absolute Gasteiger partial charge is 0.481 e. The normalized spacial score (nSPS) is 17.7. The van der Waals surface area contributed by atoms with Crippen LogP contribution in [0.3, 0.4) is 0 Å². The van der Waals surface area contributed by atoms with E-state index < -0.39 is 27.0 Å². The van der Waals surface area contributed by atoms with Gasteiger partial charge in [0, 0.05) is 6.54 Å². The van der Waals surface area contributed by atoms with Crippen molar-refractivity contribution in [3.05, 3.63) is 29.8 Å². The summed E-state index contributed by atoms with van der Waals surface area (Å²) in [6.45, 7) is 0.150. The van der Waals surface area contributed by atoms with Gasteiger partial charge in [0.2, 0.25) is 0 Å². The lowest BCUT2D eigenvalue weighted by Gasteiger charge is -2.27. The summed E-state index contributed by atoms with van der Waals surface area (Å²) in [7, 11) is -3.57. The predicted molar refractivity (Wildman–Crippen MR) is 67.7 cm³/mol. The minimum absolute atomic E-state index is 0.0427. The summed E-state index contributed by atoms with van der Waals surface area (Å²) < 4.78 is 29.6. The average molecular weight is 285 g/mol. The van der Waals surface area contributed by atoms with Crippen LogP contribution in [-0.4, -0.2) is 44.5 Å². The van der Waals surface area contributed by atoms with Gasteiger partial charge in [0.1, 0.15) is 5.25 Å². The zero-order valence-electron chi connectivity index (χ0n) is 10.2. The van der Waals surface area contributed by atoms with E-state index in [2.05, 4.69) is 0 Å². The van der Waals surface area contributed by atoms with Crippen molar-refractivity contribution in [2.45, 2.75) is 16.1 Å². The van der Waals surface area contributed by atoms with Gasteiger partial charge in [-0.25, -0.2) is 8.42 Å². The Labute approximate surface area is 111 Å². The fourth-order valence-electron chi connectivity index (χ4n) is 1.96. The van der Waals surface area contributed by atoms with E-state index in [1.807, 2.05) is 0 Å². The third-order valence-electron chi connectivity index (χ3n) is 3.18. The van der Waals surface area contributed by atoms with Gasteiger partial charge < -0.3 is 15.6 Å². The first-order valence-corrected chi connectivity index (χ1v) is 7.36. The Morgan fingerprint density at radius 2 is 2.05 bits per heavy atom. The quantitative estimate of drug-likeness (QED) is 0.787. The second-order valence-electron chi connectivity index (χ2n) is 4.37. The summed E-state index contributed by atoms with van der Waals surface area (Å²) in [6, 6.07) is 6.11. The van der Waals surface area contributed by atoms with Crippen LogP contribution in [-0.2, 0) is 19.4 Å². The van der Waals surface area contributed by atoms with Crippen molar-refractivity contribution in [3.63, 3.8) is 0 Å². The maximum absolute atomic E-state index is 12.4. The molecule has 1 atom stereocenters. The van der Waals surface area contributed by atoms with Gasteiger partial charge in [-0.1, -0.05) is 18.2 Å². The molecule has 7 heteroatoms. The number of rotatable bonds is 5. The molecule has 0 bridgehead atoms. The third kappa shape index (κ3) is 2.49. The van der Waals surface area contributed by atoms with Crippen molar-refractivity contribution < 1.29 is 23.1 Å².